The lowest BCUT2D eigenvalue weighted by molar-refractivity contribution is 0.256. The van der Waals surface area contributed by atoms with Crippen molar-refractivity contribution in [2.75, 3.05) is 0 Å². The highest BCUT2D eigenvalue weighted by molar-refractivity contribution is 4.93. The third-order valence-electron chi connectivity index (χ3n) is 4.23. The molecule has 0 saturated heterocycles. The van der Waals surface area contributed by atoms with E-state index >= 15 is 0 Å². The van der Waals surface area contributed by atoms with Gasteiger partial charge in [-0.25, -0.2) is 4.98 Å². The lowest BCUT2D eigenvalue weighted by Crippen LogP contribution is -2.46. The van der Waals surface area contributed by atoms with Gasteiger partial charge < -0.3 is 9.88 Å². The first kappa shape index (κ1) is 13.6. The Morgan fingerprint density at radius 2 is 1.89 bits per heavy atom. The minimum Gasteiger partial charge on any atom is -0.333 e. The smallest absolute Gasteiger partial charge is 0.0949 e. The summed E-state index contributed by atoms with van der Waals surface area (Å²) in [5, 5.41) is 3.90. The maximum absolute atomic E-state index is 4.19. The Hall–Kier alpha value is -0.830. The van der Waals surface area contributed by atoms with Crippen molar-refractivity contribution in [2.45, 2.75) is 65.1 Å². The Kier molecular flexibility index (Phi) is 4.44. The summed E-state index contributed by atoms with van der Waals surface area (Å²) in [4.78, 5) is 4.19. The topological polar surface area (TPSA) is 29.9 Å². The normalized spacial score (nSPS) is 24.6. The van der Waals surface area contributed by atoms with Crippen LogP contribution in [0.2, 0.25) is 0 Å². The number of nitrogens with zero attached hydrogens (tertiary/aromatic N) is 2. The zero-order valence-electron chi connectivity index (χ0n) is 12.1. The molecule has 1 aliphatic carbocycles. The molecule has 3 nitrogen and oxygen atoms in total. The Morgan fingerprint density at radius 3 is 2.44 bits per heavy atom. The molecular formula is C15H27N3. The van der Waals surface area contributed by atoms with Crippen LogP contribution >= 0.6 is 0 Å². The van der Waals surface area contributed by atoms with Crippen molar-refractivity contribution in [1.82, 2.24) is 14.9 Å². The van der Waals surface area contributed by atoms with E-state index in [1.807, 2.05) is 12.5 Å². The van der Waals surface area contributed by atoms with Gasteiger partial charge in [-0.15, -0.1) is 0 Å². The van der Waals surface area contributed by atoms with E-state index in [-0.39, 0.29) is 0 Å². The van der Waals surface area contributed by atoms with Crippen molar-refractivity contribution in [3.05, 3.63) is 18.7 Å². The van der Waals surface area contributed by atoms with Crippen LogP contribution in [0.25, 0.3) is 0 Å². The third-order valence-corrected chi connectivity index (χ3v) is 4.23. The molecule has 0 bridgehead atoms. The maximum atomic E-state index is 4.19. The highest BCUT2D eigenvalue weighted by Crippen LogP contribution is 2.31. The van der Waals surface area contributed by atoms with Gasteiger partial charge in [0.2, 0.25) is 0 Å². The number of aromatic nitrogens is 2. The molecule has 2 atom stereocenters. The molecule has 1 heterocycles. The van der Waals surface area contributed by atoms with Crippen molar-refractivity contribution in [3.8, 4) is 0 Å². The fourth-order valence-electron chi connectivity index (χ4n) is 3.36. The zero-order chi connectivity index (χ0) is 13.1. The SMILES string of the molecule is CC(C)C(NC1CCCC1n1ccnc1)C(C)C. The van der Waals surface area contributed by atoms with Crippen LogP contribution in [-0.2, 0) is 0 Å². The first-order chi connectivity index (χ1) is 8.59. The molecule has 2 rings (SSSR count). The maximum Gasteiger partial charge on any atom is 0.0949 e. The van der Waals surface area contributed by atoms with Gasteiger partial charge in [0.05, 0.1) is 6.33 Å². The molecule has 102 valence electrons. The van der Waals surface area contributed by atoms with Gasteiger partial charge in [0.15, 0.2) is 0 Å². The molecule has 1 aliphatic rings. The molecule has 2 unspecified atom stereocenters. The molecule has 0 aliphatic heterocycles. The van der Waals surface area contributed by atoms with E-state index in [4.69, 9.17) is 0 Å². The summed E-state index contributed by atoms with van der Waals surface area (Å²) in [5.41, 5.74) is 0. The van der Waals surface area contributed by atoms with Crippen LogP contribution < -0.4 is 5.32 Å². The predicted octanol–water partition coefficient (Wildman–Crippen LogP) is 3.25. The number of rotatable bonds is 5. The molecule has 1 fully saturated rings. The second-order valence-electron chi connectivity index (χ2n) is 6.30. The first-order valence-electron chi connectivity index (χ1n) is 7.33. The summed E-state index contributed by atoms with van der Waals surface area (Å²) in [7, 11) is 0. The molecule has 1 saturated carbocycles. The van der Waals surface area contributed by atoms with Crippen LogP contribution in [0.15, 0.2) is 18.7 Å². The van der Waals surface area contributed by atoms with Crippen molar-refractivity contribution in [2.24, 2.45) is 11.8 Å². The van der Waals surface area contributed by atoms with Crippen molar-refractivity contribution >= 4 is 0 Å². The van der Waals surface area contributed by atoms with Gasteiger partial charge in [-0.2, -0.15) is 0 Å². The van der Waals surface area contributed by atoms with Gasteiger partial charge in [0.1, 0.15) is 0 Å². The summed E-state index contributed by atoms with van der Waals surface area (Å²) in [5.74, 6) is 1.38. The molecular weight excluding hydrogens is 222 g/mol. The van der Waals surface area contributed by atoms with E-state index in [0.717, 1.165) is 0 Å². The Bertz CT molecular complexity index is 335. The lowest BCUT2D eigenvalue weighted by atomic mass is 9.92. The van der Waals surface area contributed by atoms with E-state index in [1.165, 1.54) is 19.3 Å². The van der Waals surface area contributed by atoms with Gasteiger partial charge in [-0.05, 0) is 31.1 Å². The van der Waals surface area contributed by atoms with Crippen LogP contribution in [0.3, 0.4) is 0 Å². The standard InChI is InChI=1S/C15H27N3/c1-11(2)15(12(3)4)17-13-6-5-7-14(13)18-9-8-16-10-18/h8-15,17H,5-7H2,1-4H3. The van der Waals surface area contributed by atoms with E-state index in [1.54, 1.807) is 0 Å². The molecule has 1 aromatic heterocycles. The Labute approximate surface area is 111 Å². The van der Waals surface area contributed by atoms with Crippen LogP contribution in [0.1, 0.15) is 53.0 Å². The van der Waals surface area contributed by atoms with Gasteiger partial charge in [0, 0.05) is 30.5 Å². The van der Waals surface area contributed by atoms with Crippen LogP contribution in [0.4, 0.5) is 0 Å². The van der Waals surface area contributed by atoms with Crippen LogP contribution in [0.5, 0.6) is 0 Å². The quantitative estimate of drug-likeness (QED) is 0.868. The number of nitrogens with one attached hydrogen (secondary N) is 1. The lowest BCUT2D eigenvalue weighted by Gasteiger charge is -2.32. The molecule has 0 aromatic carbocycles. The second-order valence-corrected chi connectivity index (χ2v) is 6.30. The van der Waals surface area contributed by atoms with E-state index in [9.17, 15) is 0 Å². The Morgan fingerprint density at radius 1 is 1.17 bits per heavy atom. The molecule has 0 radical (unpaired) electrons. The first-order valence-corrected chi connectivity index (χ1v) is 7.33. The average Bonchev–Trinajstić information content (AvgIpc) is 2.95. The number of hydrogen-bond acceptors (Lipinski definition) is 2. The van der Waals surface area contributed by atoms with Gasteiger partial charge >= 0.3 is 0 Å². The van der Waals surface area contributed by atoms with Gasteiger partial charge in [-0.3, -0.25) is 0 Å². The Balaban J connectivity index is 2.03. The second kappa shape index (κ2) is 5.87. The summed E-state index contributed by atoms with van der Waals surface area (Å²) in [6, 6.07) is 1.81. The zero-order valence-corrected chi connectivity index (χ0v) is 12.1. The fourth-order valence-corrected chi connectivity index (χ4v) is 3.36. The molecule has 0 amide bonds. The van der Waals surface area contributed by atoms with Crippen molar-refractivity contribution in [3.63, 3.8) is 0 Å². The monoisotopic (exact) mass is 249 g/mol. The average molecular weight is 249 g/mol. The summed E-state index contributed by atoms with van der Waals surface area (Å²) in [6.45, 7) is 9.27. The predicted molar refractivity (Wildman–Crippen MR) is 75.5 cm³/mol. The minimum atomic E-state index is 0.590. The van der Waals surface area contributed by atoms with Crippen molar-refractivity contribution < 1.29 is 0 Å². The minimum absolute atomic E-state index is 0.590. The summed E-state index contributed by atoms with van der Waals surface area (Å²) < 4.78 is 2.28. The molecule has 18 heavy (non-hydrogen) atoms. The number of hydrogen-bond donors (Lipinski definition) is 1. The fraction of sp³-hybridized carbons (Fsp3) is 0.800. The van der Waals surface area contributed by atoms with Crippen molar-refractivity contribution in [1.29, 1.82) is 0 Å². The van der Waals surface area contributed by atoms with E-state index in [2.05, 4.69) is 48.8 Å². The van der Waals surface area contributed by atoms with Crippen LogP contribution in [-0.4, -0.2) is 21.6 Å². The van der Waals surface area contributed by atoms with Gasteiger partial charge in [-0.1, -0.05) is 27.7 Å². The highest BCUT2D eigenvalue weighted by Gasteiger charge is 2.31. The molecule has 1 N–H and O–H groups in total. The third kappa shape index (κ3) is 2.94. The molecule has 3 heteroatoms. The summed E-state index contributed by atoms with van der Waals surface area (Å²) >= 11 is 0. The van der Waals surface area contributed by atoms with Crippen LogP contribution in [0, 0.1) is 11.8 Å². The summed E-state index contributed by atoms with van der Waals surface area (Å²) in [6.07, 6.45) is 9.84. The number of imidazole rings is 1. The molecule has 0 spiro atoms. The highest BCUT2D eigenvalue weighted by atomic mass is 15.1. The van der Waals surface area contributed by atoms with E-state index in [0.29, 0.717) is 30.0 Å². The largest absolute Gasteiger partial charge is 0.333 e. The van der Waals surface area contributed by atoms with E-state index < -0.39 is 0 Å². The van der Waals surface area contributed by atoms with Gasteiger partial charge in [0.25, 0.3) is 0 Å². The molecule has 1 aromatic rings.